The van der Waals surface area contributed by atoms with Crippen molar-refractivity contribution in [2.75, 3.05) is 7.11 Å². The predicted molar refractivity (Wildman–Crippen MR) is 84.1 cm³/mol. The minimum Gasteiger partial charge on any atom is -0.497 e. The molecule has 2 rings (SSSR count). The first-order valence-corrected chi connectivity index (χ1v) is 7.18. The van der Waals surface area contributed by atoms with Crippen molar-refractivity contribution in [3.8, 4) is 5.75 Å². The Balaban J connectivity index is 2.02. The molecule has 0 aliphatic rings. The second kappa shape index (κ2) is 7.11. The van der Waals surface area contributed by atoms with Crippen LogP contribution < -0.4 is 10.1 Å². The molecule has 0 saturated carbocycles. The van der Waals surface area contributed by atoms with Crippen molar-refractivity contribution in [2.24, 2.45) is 0 Å². The number of methoxy groups -OCH3 is 1. The van der Waals surface area contributed by atoms with Gasteiger partial charge in [0.05, 0.1) is 7.11 Å². The van der Waals surface area contributed by atoms with Crippen molar-refractivity contribution in [2.45, 2.75) is 32.9 Å². The fraction of sp³-hybridized carbons (Fsp3) is 0.333. The Morgan fingerprint density at radius 2 is 1.80 bits per heavy atom. The molecule has 106 valence electrons. The highest BCUT2D eigenvalue weighted by atomic mass is 16.5. The van der Waals surface area contributed by atoms with Crippen molar-refractivity contribution in [1.29, 1.82) is 0 Å². The van der Waals surface area contributed by atoms with Gasteiger partial charge in [-0.25, -0.2) is 0 Å². The number of hydrogen-bond acceptors (Lipinski definition) is 2. The van der Waals surface area contributed by atoms with E-state index in [1.54, 1.807) is 7.11 Å². The third-order valence-electron chi connectivity index (χ3n) is 3.69. The van der Waals surface area contributed by atoms with E-state index >= 15 is 0 Å². The zero-order chi connectivity index (χ0) is 14.4. The molecule has 1 atom stereocenters. The highest BCUT2D eigenvalue weighted by molar-refractivity contribution is 5.31. The van der Waals surface area contributed by atoms with Crippen LogP contribution in [0.2, 0.25) is 0 Å². The van der Waals surface area contributed by atoms with Crippen LogP contribution in [0.4, 0.5) is 0 Å². The molecule has 0 saturated heterocycles. The van der Waals surface area contributed by atoms with Gasteiger partial charge in [0.25, 0.3) is 0 Å². The molecule has 20 heavy (non-hydrogen) atoms. The van der Waals surface area contributed by atoms with Crippen molar-refractivity contribution in [3.63, 3.8) is 0 Å². The fourth-order valence-electron chi connectivity index (χ4n) is 2.37. The van der Waals surface area contributed by atoms with Crippen LogP contribution in [0.1, 0.15) is 36.6 Å². The third-order valence-corrected chi connectivity index (χ3v) is 3.69. The van der Waals surface area contributed by atoms with Crippen LogP contribution in [0.25, 0.3) is 0 Å². The van der Waals surface area contributed by atoms with E-state index in [9.17, 15) is 0 Å². The van der Waals surface area contributed by atoms with Gasteiger partial charge in [-0.1, -0.05) is 43.3 Å². The Hall–Kier alpha value is -1.80. The van der Waals surface area contributed by atoms with E-state index in [0.717, 1.165) is 18.7 Å². The molecule has 1 N–H and O–H groups in total. The molecule has 2 nitrogen and oxygen atoms in total. The molecule has 0 aromatic heterocycles. The molecule has 2 heteroatoms. The molecule has 2 aromatic rings. The number of nitrogens with one attached hydrogen (secondary N) is 1. The van der Waals surface area contributed by atoms with Gasteiger partial charge in [-0.05, 0) is 42.2 Å². The summed E-state index contributed by atoms with van der Waals surface area (Å²) in [6.45, 7) is 5.27. The Bertz CT molecular complexity index is 551. The van der Waals surface area contributed by atoms with Gasteiger partial charge in [0, 0.05) is 12.6 Å². The molecule has 0 fully saturated rings. The van der Waals surface area contributed by atoms with Gasteiger partial charge < -0.3 is 10.1 Å². The Kier molecular flexibility index (Phi) is 5.19. The average molecular weight is 269 g/mol. The fourth-order valence-corrected chi connectivity index (χ4v) is 2.37. The van der Waals surface area contributed by atoms with Gasteiger partial charge in [-0.15, -0.1) is 0 Å². The normalized spacial score (nSPS) is 12.2. The molecule has 0 heterocycles. The predicted octanol–water partition coefficient (Wildman–Crippen LogP) is 4.11. The Morgan fingerprint density at radius 1 is 1.05 bits per heavy atom. The van der Waals surface area contributed by atoms with E-state index in [4.69, 9.17) is 4.74 Å². The molecule has 0 amide bonds. The van der Waals surface area contributed by atoms with E-state index in [1.165, 1.54) is 16.7 Å². The van der Waals surface area contributed by atoms with Gasteiger partial charge >= 0.3 is 0 Å². The van der Waals surface area contributed by atoms with E-state index in [2.05, 4.69) is 55.6 Å². The molecule has 0 bridgehead atoms. The summed E-state index contributed by atoms with van der Waals surface area (Å²) in [6.07, 6.45) is 1.07. The van der Waals surface area contributed by atoms with E-state index in [1.807, 2.05) is 12.1 Å². The Labute approximate surface area is 121 Å². The van der Waals surface area contributed by atoms with Crippen molar-refractivity contribution in [3.05, 3.63) is 65.2 Å². The summed E-state index contributed by atoms with van der Waals surface area (Å²) in [4.78, 5) is 0. The SMILES string of the molecule is CCc1ccccc1CN[C@@H](C)c1cccc(OC)c1. The first-order chi connectivity index (χ1) is 9.74. The minimum absolute atomic E-state index is 0.301. The summed E-state index contributed by atoms with van der Waals surface area (Å²) < 4.78 is 5.28. The maximum Gasteiger partial charge on any atom is 0.119 e. The van der Waals surface area contributed by atoms with E-state index < -0.39 is 0 Å². The Morgan fingerprint density at radius 3 is 2.50 bits per heavy atom. The lowest BCUT2D eigenvalue weighted by Gasteiger charge is -2.16. The van der Waals surface area contributed by atoms with Gasteiger partial charge in [0.2, 0.25) is 0 Å². The third kappa shape index (κ3) is 3.61. The minimum atomic E-state index is 0.301. The highest BCUT2D eigenvalue weighted by Gasteiger charge is 2.07. The van der Waals surface area contributed by atoms with Crippen LogP contribution in [0.5, 0.6) is 5.75 Å². The average Bonchev–Trinajstić information content (AvgIpc) is 2.52. The topological polar surface area (TPSA) is 21.3 Å². The largest absolute Gasteiger partial charge is 0.497 e. The smallest absolute Gasteiger partial charge is 0.119 e. The molecule has 2 aromatic carbocycles. The monoisotopic (exact) mass is 269 g/mol. The zero-order valence-corrected chi connectivity index (χ0v) is 12.5. The summed E-state index contributed by atoms with van der Waals surface area (Å²) in [6, 6.07) is 17.1. The summed E-state index contributed by atoms with van der Waals surface area (Å²) in [5, 5.41) is 3.59. The first-order valence-electron chi connectivity index (χ1n) is 7.18. The second-order valence-corrected chi connectivity index (χ2v) is 5.00. The number of aryl methyl sites for hydroxylation is 1. The maximum atomic E-state index is 5.28. The van der Waals surface area contributed by atoms with Gasteiger partial charge in [0.1, 0.15) is 5.75 Å². The van der Waals surface area contributed by atoms with Crippen molar-refractivity contribution < 1.29 is 4.74 Å². The number of hydrogen-bond donors (Lipinski definition) is 1. The molecule has 0 aliphatic carbocycles. The van der Waals surface area contributed by atoms with Crippen molar-refractivity contribution in [1.82, 2.24) is 5.32 Å². The zero-order valence-electron chi connectivity index (χ0n) is 12.5. The van der Waals surface area contributed by atoms with E-state index in [-0.39, 0.29) is 0 Å². The number of benzene rings is 2. The molecule has 0 radical (unpaired) electrons. The molecular weight excluding hydrogens is 246 g/mol. The second-order valence-electron chi connectivity index (χ2n) is 5.00. The van der Waals surface area contributed by atoms with Crippen LogP contribution in [0.15, 0.2) is 48.5 Å². The van der Waals surface area contributed by atoms with Crippen molar-refractivity contribution >= 4 is 0 Å². The van der Waals surface area contributed by atoms with Gasteiger partial charge in [-0.3, -0.25) is 0 Å². The lowest BCUT2D eigenvalue weighted by molar-refractivity contribution is 0.413. The highest BCUT2D eigenvalue weighted by Crippen LogP contribution is 2.19. The summed E-state index contributed by atoms with van der Waals surface area (Å²) in [5.74, 6) is 0.908. The molecule has 0 aliphatic heterocycles. The summed E-state index contributed by atoms with van der Waals surface area (Å²) in [5.41, 5.74) is 4.04. The first kappa shape index (κ1) is 14.6. The lowest BCUT2D eigenvalue weighted by atomic mass is 10.0. The van der Waals surface area contributed by atoms with Crippen LogP contribution in [0.3, 0.4) is 0 Å². The summed E-state index contributed by atoms with van der Waals surface area (Å²) >= 11 is 0. The number of rotatable bonds is 6. The summed E-state index contributed by atoms with van der Waals surface area (Å²) in [7, 11) is 1.70. The van der Waals surface area contributed by atoms with E-state index in [0.29, 0.717) is 6.04 Å². The molecular formula is C18H23NO. The van der Waals surface area contributed by atoms with Crippen LogP contribution in [0, 0.1) is 0 Å². The molecule has 0 spiro atoms. The lowest BCUT2D eigenvalue weighted by Crippen LogP contribution is -2.18. The van der Waals surface area contributed by atoms with Crippen LogP contribution in [-0.4, -0.2) is 7.11 Å². The standard InChI is InChI=1S/C18H23NO/c1-4-15-8-5-6-9-17(15)13-19-14(2)16-10-7-11-18(12-16)20-3/h5-12,14,19H,4,13H2,1-3H3/t14-/m0/s1. The van der Waals surface area contributed by atoms with Crippen LogP contribution >= 0.6 is 0 Å². The van der Waals surface area contributed by atoms with Crippen LogP contribution in [-0.2, 0) is 13.0 Å². The van der Waals surface area contributed by atoms with Gasteiger partial charge in [-0.2, -0.15) is 0 Å². The van der Waals surface area contributed by atoms with Gasteiger partial charge in [0.15, 0.2) is 0 Å². The molecule has 0 unspecified atom stereocenters. The quantitative estimate of drug-likeness (QED) is 0.852. The maximum absolute atomic E-state index is 5.28. The number of ether oxygens (including phenoxy) is 1.